The van der Waals surface area contributed by atoms with Crippen molar-refractivity contribution in [2.75, 3.05) is 5.32 Å². The number of aliphatic hydroxyl groups excluding tert-OH is 1. The average molecular weight is 410 g/mol. The molecule has 2 aliphatic rings. The van der Waals surface area contributed by atoms with Gasteiger partial charge in [0.25, 0.3) is 5.91 Å². The van der Waals surface area contributed by atoms with Crippen LogP contribution in [-0.2, 0) is 18.3 Å². The van der Waals surface area contributed by atoms with Crippen molar-refractivity contribution in [1.82, 2.24) is 9.78 Å². The first-order valence-electron chi connectivity index (χ1n) is 10.4. The lowest BCUT2D eigenvalue weighted by atomic mass is 9.81. The van der Waals surface area contributed by atoms with E-state index in [4.69, 9.17) is 0 Å². The summed E-state index contributed by atoms with van der Waals surface area (Å²) in [6.45, 7) is 1.92. The quantitative estimate of drug-likeness (QED) is 0.375. The predicted octanol–water partition coefficient (Wildman–Crippen LogP) is 4.61. The molecule has 31 heavy (non-hydrogen) atoms. The molecule has 2 aromatic carbocycles. The first-order valence-corrected chi connectivity index (χ1v) is 10.4. The number of benzene rings is 2. The zero-order chi connectivity index (χ0) is 21.7. The van der Waals surface area contributed by atoms with Crippen LogP contribution in [0.3, 0.4) is 0 Å². The molecule has 1 heterocycles. The largest absolute Gasteiger partial charge is 0.504 e. The highest BCUT2D eigenvalue weighted by molar-refractivity contribution is 6.11. The van der Waals surface area contributed by atoms with Crippen LogP contribution in [0.4, 0.5) is 5.69 Å². The summed E-state index contributed by atoms with van der Waals surface area (Å²) in [5, 5.41) is 28.0. The van der Waals surface area contributed by atoms with Crippen LogP contribution in [0.15, 0.2) is 48.0 Å². The Morgan fingerprint density at radius 3 is 2.84 bits per heavy atom. The minimum Gasteiger partial charge on any atom is -0.504 e. The number of carbonyl (C=O) groups excluding carboxylic acids is 1. The smallest absolute Gasteiger partial charge is 0.270 e. The van der Waals surface area contributed by atoms with Crippen LogP contribution in [0.2, 0.25) is 0 Å². The SMILES string of the molecule is Cc1cccc(NC(=O)/C(C#N)=C(\O)c2nn(C)c3c2C2CCCc4cccc-3c42)c1. The summed E-state index contributed by atoms with van der Waals surface area (Å²) in [5.41, 5.74) is 7.18. The molecule has 1 atom stereocenters. The summed E-state index contributed by atoms with van der Waals surface area (Å²) in [5.74, 6) is -0.894. The maximum Gasteiger partial charge on any atom is 0.270 e. The summed E-state index contributed by atoms with van der Waals surface area (Å²) in [4.78, 5) is 12.8. The van der Waals surface area contributed by atoms with Gasteiger partial charge in [0.15, 0.2) is 11.3 Å². The van der Waals surface area contributed by atoms with Crippen molar-refractivity contribution in [3.63, 3.8) is 0 Å². The third-order valence-corrected chi connectivity index (χ3v) is 6.25. The zero-order valence-electron chi connectivity index (χ0n) is 17.4. The minimum atomic E-state index is -0.648. The lowest BCUT2D eigenvalue weighted by Gasteiger charge is -2.22. The monoisotopic (exact) mass is 410 g/mol. The predicted molar refractivity (Wildman–Crippen MR) is 118 cm³/mol. The van der Waals surface area contributed by atoms with E-state index in [-0.39, 0.29) is 17.3 Å². The number of aromatic nitrogens is 2. The molecule has 0 aliphatic heterocycles. The van der Waals surface area contributed by atoms with Crippen LogP contribution >= 0.6 is 0 Å². The number of anilines is 1. The summed E-state index contributed by atoms with van der Waals surface area (Å²) in [7, 11) is 1.84. The number of amides is 1. The number of nitrogens with zero attached hydrogens (tertiary/aromatic N) is 3. The standard InChI is InChI=1S/C25H22N4O2/c1-14-6-3-9-16(12-14)27-25(31)19(13-26)24(30)22-21-17-10-4-7-15-8-5-11-18(20(15)17)23(21)29(2)28-22/h3,5-6,8-9,11-12,17,30H,4,7,10H2,1-2H3,(H,27,31)/b24-19-. The summed E-state index contributed by atoms with van der Waals surface area (Å²) in [6, 6.07) is 15.5. The number of carbonyl (C=O) groups is 1. The third kappa shape index (κ3) is 2.93. The molecule has 6 heteroatoms. The van der Waals surface area contributed by atoms with Gasteiger partial charge in [0.1, 0.15) is 11.8 Å². The second-order valence-electron chi connectivity index (χ2n) is 8.22. The maximum atomic E-state index is 12.8. The molecule has 2 N–H and O–H groups in total. The Morgan fingerprint density at radius 2 is 2.06 bits per heavy atom. The van der Waals surface area contributed by atoms with Gasteiger partial charge in [-0.2, -0.15) is 10.4 Å². The molecule has 1 unspecified atom stereocenters. The number of rotatable bonds is 3. The fourth-order valence-corrected chi connectivity index (χ4v) is 4.99. The Bertz CT molecular complexity index is 1310. The number of hydrogen-bond donors (Lipinski definition) is 2. The molecular formula is C25H22N4O2. The molecule has 0 saturated carbocycles. The van der Waals surface area contributed by atoms with Crippen molar-refractivity contribution in [2.45, 2.75) is 32.1 Å². The van der Waals surface area contributed by atoms with Crippen LogP contribution in [0.25, 0.3) is 17.0 Å². The first kappa shape index (κ1) is 19.1. The maximum absolute atomic E-state index is 12.8. The normalized spacial score (nSPS) is 16.7. The number of aryl methyl sites for hydroxylation is 3. The van der Waals surface area contributed by atoms with Crippen molar-refractivity contribution < 1.29 is 9.90 Å². The zero-order valence-corrected chi connectivity index (χ0v) is 17.4. The molecule has 0 bridgehead atoms. The van der Waals surface area contributed by atoms with Gasteiger partial charge >= 0.3 is 0 Å². The second kappa shape index (κ2) is 7.13. The highest BCUT2D eigenvalue weighted by Crippen LogP contribution is 2.52. The van der Waals surface area contributed by atoms with E-state index in [0.29, 0.717) is 11.4 Å². The van der Waals surface area contributed by atoms with Crippen molar-refractivity contribution in [3.8, 4) is 17.3 Å². The van der Waals surface area contributed by atoms with Gasteiger partial charge in [-0.15, -0.1) is 0 Å². The molecule has 154 valence electrons. The lowest BCUT2D eigenvalue weighted by Crippen LogP contribution is -2.16. The van der Waals surface area contributed by atoms with Crippen LogP contribution in [0.1, 0.15) is 46.7 Å². The van der Waals surface area contributed by atoms with Gasteiger partial charge in [-0.05, 0) is 55.0 Å². The number of nitrogens with one attached hydrogen (secondary N) is 1. The molecule has 1 aromatic heterocycles. The molecule has 0 radical (unpaired) electrons. The van der Waals surface area contributed by atoms with Crippen molar-refractivity contribution in [1.29, 1.82) is 5.26 Å². The van der Waals surface area contributed by atoms with Gasteiger partial charge < -0.3 is 10.4 Å². The van der Waals surface area contributed by atoms with Crippen LogP contribution in [-0.4, -0.2) is 20.8 Å². The van der Waals surface area contributed by atoms with E-state index in [9.17, 15) is 15.2 Å². The molecule has 2 aliphatic carbocycles. The van der Waals surface area contributed by atoms with Gasteiger partial charge in [-0.1, -0.05) is 30.3 Å². The van der Waals surface area contributed by atoms with Gasteiger partial charge in [-0.3, -0.25) is 9.48 Å². The number of hydrogen-bond acceptors (Lipinski definition) is 4. The minimum absolute atomic E-state index is 0.126. The van der Waals surface area contributed by atoms with E-state index in [1.807, 2.05) is 38.2 Å². The molecule has 6 nitrogen and oxygen atoms in total. The van der Waals surface area contributed by atoms with E-state index in [1.54, 1.807) is 10.7 Å². The van der Waals surface area contributed by atoms with Crippen LogP contribution in [0, 0.1) is 18.3 Å². The molecule has 5 rings (SSSR count). The van der Waals surface area contributed by atoms with Crippen LogP contribution in [0.5, 0.6) is 0 Å². The lowest BCUT2D eigenvalue weighted by molar-refractivity contribution is -0.112. The second-order valence-corrected chi connectivity index (χ2v) is 8.22. The molecule has 0 fully saturated rings. The van der Waals surface area contributed by atoms with Crippen molar-refractivity contribution in [3.05, 3.63) is 76.0 Å². The summed E-state index contributed by atoms with van der Waals surface area (Å²) < 4.78 is 1.75. The average Bonchev–Trinajstić information content (AvgIpc) is 3.27. The highest BCUT2D eigenvalue weighted by Gasteiger charge is 2.39. The van der Waals surface area contributed by atoms with E-state index in [0.717, 1.165) is 41.6 Å². The Hall–Kier alpha value is -3.85. The Kier molecular flexibility index (Phi) is 4.40. The fourth-order valence-electron chi connectivity index (χ4n) is 4.99. The molecule has 3 aromatic rings. The van der Waals surface area contributed by atoms with E-state index in [1.165, 1.54) is 11.1 Å². The Morgan fingerprint density at radius 1 is 1.26 bits per heavy atom. The summed E-state index contributed by atoms with van der Waals surface area (Å²) >= 11 is 0. The van der Waals surface area contributed by atoms with E-state index < -0.39 is 5.91 Å². The van der Waals surface area contributed by atoms with Crippen molar-refractivity contribution in [2.24, 2.45) is 7.05 Å². The first-order chi connectivity index (χ1) is 15.0. The van der Waals surface area contributed by atoms with E-state index in [2.05, 4.69) is 28.6 Å². The van der Waals surface area contributed by atoms with Crippen LogP contribution < -0.4 is 5.32 Å². The molecule has 0 saturated heterocycles. The number of fused-ring (bicyclic) bond motifs is 3. The van der Waals surface area contributed by atoms with Gasteiger partial charge in [0.2, 0.25) is 0 Å². The Labute approximate surface area is 180 Å². The van der Waals surface area contributed by atoms with E-state index >= 15 is 0 Å². The third-order valence-electron chi connectivity index (χ3n) is 6.25. The highest BCUT2D eigenvalue weighted by atomic mass is 16.3. The van der Waals surface area contributed by atoms with Gasteiger partial charge in [0.05, 0.1) is 5.69 Å². The number of nitriles is 1. The Balaban J connectivity index is 1.60. The molecule has 0 spiro atoms. The van der Waals surface area contributed by atoms with Crippen molar-refractivity contribution >= 4 is 17.4 Å². The topological polar surface area (TPSA) is 90.9 Å². The fraction of sp³-hybridized carbons (Fsp3) is 0.240. The summed E-state index contributed by atoms with van der Waals surface area (Å²) in [6.07, 6.45) is 3.05. The number of aliphatic hydroxyl groups is 1. The molecular weight excluding hydrogens is 388 g/mol. The molecule has 1 amide bonds. The van der Waals surface area contributed by atoms with Gasteiger partial charge in [0, 0.05) is 29.8 Å². The van der Waals surface area contributed by atoms with Gasteiger partial charge in [-0.25, -0.2) is 0 Å².